The van der Waals surface area contributed by atoms with E-state index < -0.39 is 6.04 Å². The molecular formula is C26H32Cl2N2O2. The predicted octanol–water partition coefficient (Wildman–Crippen LogP) is 6.18. The van der Waals surface area contributed by atoms with Gasteiger partial charge in [-0.25, -0.2) is 0 Å². The molecule has 1 N–H and O–H groups in total. The highest BCUT2D eigenvalue weighted by Gasteiger charge is 2.30. The van der Waals surface area contributed by atoms with Gasteiger partial charge in [-0.15, -0.1) is 0 Å². The Morgan fingerprint density at radius 3 is 2.16 bits per heavy atom. The third-order valence-corrected chi connectivity index (χ3v) is 6.94. The number of hydrogen-bond donors (Lipinski definition) is 1. The van der Waals surface area contributed by atoms with E-state index in [4.69, 9.17) is 23.2 Å². The normalized spacial score (nSPS) is 15.2. The second-order valence-corrected chi connectivity index (χ2v) is 9.29. The van der Waals surface area contributed by atoms with Crippen LogP contribution in [0.4, 0.5) is 0 Å². The van der Waals surface area contributed by atoms with E-state index in [0.29, 0.717) is 29.4 Å². The lowest BCUT2D eigenvalue weighted by atomic mass is 9.95. The number of nitrogens with one attached hydrogen (secondary N) is 1. The van der Waals surface area contributed by atoms with Crippen LogP contribution in [0.1, 0.15) is 63.0 Å². The van der Waals surface area contributed by atoms with Crippen molar-refractivity contribution in [1.29, 1.82) is 0 Å². The van der Waals surface area contributed by atoms with Gasteiger partial charge in [0, 0.05) is 29.1 Å². The summed E-state index contributed by atoms with van der Waals surface area (Å²) >= 11 is 12.7. The van der Waals surface area contributed by atoms with Gasteiger partial charge >= 0.3 is 0 Å². The van der Waals surface area contributed by atoms with Crippen LogP contribution < -0.4 is 5.32 Å². The summed E-state index contributed by atoms with van der Waals surface area (Å²) in [6, 6.07) is 14.7. The van der Waals surface area contributed by atoms with Crippen LogP contribution in [0.3, 0.4) is 0 Å². The van der Waals surface area contributed by atoms with Gasteiger partial charge in [-0.1, -0.05) is 85.8 Å². The highest BCUT2D eigenvalue weighted by molar-refractivity contribution is 6.31. The van der Waals surface area contributed by atoms with Gasteiger partial charge in [0.05, 0.1) is 0 Å². The number of carbonyl (C=O) groups excluding carboxylic acids is 2. The summed E-state index contributed by atoms with van der Waals surface area (Å²) in [4.78, 5) is 28.3. The zero-order valence-electron chi connectivity index (χ0n) is 18.7. The van der Waals surface area contributed by atoms with Crippen molar-refractivity contribution in [1.82, 2.24) is 10.2 Å². The molecule has 1 saturated carbocycles. The number of amides is 2. The van der Waals surface area contributed by atoms with E-state index in [1.54, 1.807) is 4.90 Å². The Balaban J connectivity index is 1.77. The van der Waals surface area contributed by atoms with E-state index in [2.05, 4.69) is 5.32 Å². The second kappa shape index (κ2) is 12.3. The maximum absolute atomic E-state index is 13.4. The number of halogens is 2. The lowest BCUT2D eigenvalue weighted by molar-refractivity contribution is -0.141. The highest BCUT2D eigenvalue weighted by Crippen LogP contribution is 2.23. The standard InChI is InChI=1S/C26H32Cl2N2O2/c1-2-24(26(32)29-21-12-4-3-5-13-21)30(18-20-11-7-9-15-23(20)28)25(31)17-16-19-10-6-8-14-22(19)27/h6-11,14-15,21,24H,2-5,12-13,16-18H2,1H3,(H,29,32)/t24-/m0/s1. The van der Waals surface area contributed by atoms with Crippen LogP contribution in [0.15, 0.2) is 48.5 Å². The number of aryl methyl sites for hydroxylation is 1. The largest absolute Gasteiger partial charge is 0.352 e. The Morgan fingerprint density at radius 2 is 1.56 bits per heavy atom. The van der Waals surface area contributed by atoms with E-state index in [-0.39, 0.29) is 24.3 Å². The number of nitrogens with zero attached hydrogens (tertiary/aromatic N) is 1. The molecule has 2 amide bonds. The molecule has 3 rings (SSSR count). The number of benzene rings is 2. The van der Waals surface area contributed by atoms with Gasteiger partial charge in [0.2, 0.25) is 11.8 Å². The molecule has 0 spiro atoms. The van der Waals surface area contributed by atoms with Gasteiger partial charge in [-0.05, 0) is 48.9 Å². The van der Waals surface area contributed by atoms with Crippen LogP contribution in [0.2, 0.25) is 10.0 Å². The second-order valence-electron chi connectivity index (χ2n) is 8.47. The molecular weight excluding hydrogens is 443 g/mol. The molecule has 0 heterocycles. The minimum absolute atomic E-state index is 0.0717. The number of rotatable bonds is 9. The summed E-state index contributed by atoms with van der Waals surface area (Å²) in [5, 5.41) is 4.45. The van der Waals surface area contributed by atoms with Crippen LogP contribution in [0.5, 0.6) is 0 Å². The lowest BCUT2D eigenvalue weighted by Crippen LogP contribution is -2.51. The van der Waals surface area contributed by atoms with Crippen LogP contribution in [0, 0.1) is 0 Å². The lowest BCUT2D eigenvalue weighted by Gasteiger charge is -2.33. The molecule has 2 aromatic rings. The molecule has 0 saturated heterocycles. The van der Waals surface area contributed by atoms with Crippen LogP contribution in [-0.2, 0) is 22.6 Å². The highest BCUT2D eigenvalue weighted by atomic mass is 35.5. The molecule has 0 aromatic heterocycles. The average molecular weight is 475 g/mol. The first-order chi connectivity index (χ1) is 15.5. The summed E-state index contributed by atoms with van der Waals surface area (Å²) in [5.74, 6) is -0.145. The van der Waals surface area contributed by atoms with Crippen molar-refractivity contribution in [2.24, 2.45) is 0 Å². The molecule has 6 heteroatoms. The van der Waals surface area contributed by atoms with Crippen LogP contribution in [0.25, 0.3) is 0 Å². The Hall–Kier alpha value is -2.04. The minimum Gasteiger partial charge on any atom is -0.352 e. The van der Waals surface area contributed by atoms with Gasteiger partial charge in [0.1, 0.15) is 6.04 Å². The first-order valence-corrected chi connectivity index (χ1v) is 12.3. The zero-order chi connectivity index (χ0) is 22.9. The van der Waals surface area contributed by atoms with Crippen molar-refractivity contribution in [2.45, 2.75) is 76.9 Å². The Morgan fingerprint density at radius 1 is 0.969 bits per heavy atom. The maximum atomic E-state index is 13.4. The third-order valence-electron chi connectivity index (χ3n) is 6.20. The Bertz CT molecular complexity index is 912. The molecule has 32 heavy (non-hydrogen) atoms. The molecule has 0 radical (unpaired) electrons. The van der Waals surface area contributed by atoms with Crippen molar-refractivity contribution in [2.75, 3.05) is 0 Å². The molecule has 4 nitrogen and oxygen atoms in total. The smallest absolute Gasteiger partial charge is 0.243 e. The van der Waals surface area contributed by atoms with Crippen LogP contribution >= 0.6 is 23.2 Å². The van der Waals surface area contributed by atoms with Crippen molar-refractivity contribution in [3.05, 3.63) is 69.7 Å². The summed E-state index contributed by atoms with van der Waals surface area (Å²) < 4.78 is 0. The fourth-order valence-corrected chi connectivity index (χ4v) is 4.79. The monoisotopic (exact) mass is 474 g/mol. The van der Waals surface area contributed by atoms with Crippen LogP contribution in [-0.4, -0.2) is 28.8 Å². The topological polar surface area (TPSA) is 49.4 Å². The fourth-order valence-electron chi connectivity index (χ4n) is 4.36. The molecule has 2 aromatic carbocycles. The molecule has 0 aliphatic heterocycles. The van der Waals surface area contributed by atoms with Crippen molar-refractivity contribution in [3.8, 4) is 0 Å². The van der Waals surface area contributed by atoms with E-state index in [0.717, 1.165) is 36.8 Å². The maximum Gasteiger partial charge on any atom is 0.243 e. The quantitative estimate of drug-likeness (QED) is 0.471. The predicted molar refractivity (Wildman–Crippen MR) is 131 cm³/mol. The summed E-state index contributed by atoms with van der Waals surface area (Å²) in [7, 11) is 0. The SMILES string of the molecule is CC[C@@H](C(=O)NC1CCCCC1)N(Cc1ccccc1Cl)C(=O)CCc1ccccc1Cl. The van der Waals surface area contributed by atoms with Gasteiger partial charge in [0.15, 0.2) is 0 Å². The summed E-state index contributed by atoms with van der Waals surface area (Å²) in [6.07, 6.45) is 6.87. The van der Waals surface area contributed by atoms with E-state index in [1.165, 1.54) is 6.42 Å². The first kappa shape index (κ1) is 24.6. The summed E-state index contributed by atoms with van der Waals surface area (Å²) in [5.41, 5.74) is 1.77. The number of carbonyl (C=O) groups is 2. The molecule has 1 aliphatic carbocycles. The molecule has 1 atom stereocenters. The molecule has 1 aliphatic rings. The zero-order valence-corrected chi connectivity index (χ0v) is 20.2. The van der Waals surface area contributed by atoms with E-state index in [1.807, 2.05) is 55.5 Å². The van der Waals surface area contributed by atoms with Crippen molar-refractivity contribution in [3.63, 3.8) is 0 Å². The molecule has 0 bridgehead atoms. The van der Waals surface area contributed by atoms with E-state index >= 15 is 0 Å². The van der Waals surface area contributed by atoms with Gasteiger partial charge in [-0.2, -0.15) is 0 Å². The number of hydrogen-bond acceptors (Lipinski definition) is 2. The average Bonchev–Trinajstić information content (AvgIpc) is 2.80. The molecule has 172 valence electrons. The van der Waals surface area contributed by atoms with Gasteiger partial charge in [0.25, 0.3) is 0 Å². The third kappa shape index (κ3) is 6.73. The molecule has 0 unspecified atom stereocenters. The first-order valence-electron chi connectivity index (χ1n) is 11.6. The van der Waals surface area contributed by atoms with Gasteiger partial charge in [-0.3, -0.25) is 9.59 Å². The summed E-state index contributed by atoms with van der Waals surface area (Å²) in [6.45, 7) is 2.25. The Kier molecular flexibility index (Phi) is 9.43. The Labute approximate surface area is 201 Å². The minimum atomic E-state index is -0.535. The van der Waals surface area contributed by atoms with Gasteiger partial charge < -0.3 is 10.2 Å². The molecule has 1 fully saturated rings. The van der Waals surface area contributed by atoms with Crippen molar-refractivity contribution < 1.29 is 9.59 Å². The van der Waals surface area contributed by atoms with Crippen molar-refractivity contribution >= 4 is 35.0 Å². The fraction of sp³-hybridized carbons (Fsp3) is 0.462. The van der Waals surface area contributed by atoms with E-state index in [9.17, 15) is 9.59 Å².